The second kappa shape index (κ2) is 11.6. The smallest absolute Gasteiger partial charge is 0.209 e. The number of hydrogen-bond acceptors (Lipinski definition) is 3. The van der Waals surface area contributed by atoms with Gasteiger partial charge in [0, 0.05) is 44.4 Å². The van der Waals surface area contributed by atoms with Gasteiger partial charge in [-0.15, -0.1) is 0 Å². The van der Waals surface area contributed by atoms with Gasteiger partial charge >= 0.3 is 0 Å². The third kappa shape index (κ3) is 4.85. The maximum Gasteiger partial charge on any atom is 0.209 e. The molecule has 10 rings (SSSR count). The first-order valence-electron chi connectivity index (χ1n) is 19.0. The molecule has 0 amide bonds. The second-order valence-corrected chi connectivity index (χ2v) is 15.9. The molecule has 2 aliphatic carbocycles. The number of para-hydroxylation sites is 1. The van der Waals surface area contributed by atoms with E-state index in [-0.39, 0.29) is 11.5 Å². The molecule has 0 saturated carbocycles. The van der Waals surface area contributed by atoms with E-state index in [0.29, 0.717) is 5.92 Å². The van der Waals surface area contributed by atoms with Crippen molar-refractivity contribution in [3.05, 3.63) is 179 Å². The van der Waals surface area contributed by atoms with Crippen LogP contribution in [0.25, 0.3) is 32.9 Å². The van der Waals surface area contributed by atoms with Crippen LogP contribution in [0, 0.1) is 19.8 Å². The number of benzene rings is 5. The van der Waals surface area contributed by atoms with Gasteiger partial charge in [-0.25, -0.2) is 4.99 Å². The van der Waals surface area contributed by atoms with Gasteiger partial charge < -0.3 is 10.2 Å². The molecule has 53 heavy (non-hydrogen) atoms. The Bertz CT molecular complexity index is 2630. The number of fused-ring (bicyclic) bond motifs is 7. The van der Waals surface area contributed by atoms with Crippen molar-refractivity contribution >= 4 is 38.9 Å². The summed E-state index contributed by atoms with van der Waals surface area (Å²) in [4.78, 5) is 8.17. The molecule has 4 unspecified atom stereocenters. The van der Waals surface area contributed by atoms with Crippen molar-refractivity contribution in [3.8, 4) is 11.1 Å². The van der Waals surface area contributed by atoms with Gasteiger partial charge in [0.15, 0.2) is 0 Å². The Morgan fingerprint density at radius 1 is 0.736 bits per heavy atom. The molecule has 4 aliphatic rings. The molecule has 0 spiro atoms. The lowest BCUT2D eigenvalue weighted by atomic mass is 9.75. The molecular formula is C49H44N4. The van der Waals surface area contributed by atoms with Gasteiger partial charge in [0.1, 0.15) is 0 Å². The van der Waals surface area contributed by atoms with E-state index >= 15 is 0 Å². The Labute approximate surface area is 312 Å². The summed E-state index contributed by atoms with van der Waals surface area (Å²) in [7, 11) is 0. The van der Waals surface area contributed by atoms with Crippen LogP contribution in [0.1, 0.15) is 49.4 Å². The zero-order valence-corrected chi connectivity index (χ0v) is 31.1. The van der Waals surface area contributed by atoms with E-state index in [4.69, 9.17) is 4.99 Å². The molecule has 6 aromatic rings. The number of rotatable bonds is 4. The molecule has 0 fully saturated rings. The van der Waals surface area contributed by atoms with E-state index in [9.17, 15) is 0 Å². The average Bonchev–Trinajstić information content (AvgIpc) is 3.63. The Balaban J connectivity index is 1.16. The van der Waals surface area contributed by atoms with Crippen LogP contribution >= 0.6 is 0 Å². The molecule has 1 N–H and O–H groups in total. The first-order valence-corrected chi connectivity index (χ1v) is 19.0. The maximum atomic E-state index is 5.63. The van der Waals surface area contributed by atoms with E-state index in [2.05, 4.69) is 195 Å². The van der Waals surface area contributed by atoms with Gasteiger partial charge in [0.05, 0.1) is 22.8 Å². The monoisotopic (exact) mass is 688 g/mol. The molecule has 260 valence electrons. The van der Waals surface area contributed by atoms with E-state index in [1.165, 1.54) is 55.5 Å². The van der Waals surface area contributed by atoms with Crippen molar-refractivity contribution in [2.45, 2.75) is 58.3 Å². The number of nitrogens with zero attached hydrogens (tertiary/aromatic N) is 3. The van der Waals surface area contributed by atoms with E-state index in [1.807, 2.05) is 0 Å². The van der Waals surface area contributed by atoms with Crippen molar-refractivity contribution in [3.63, 3.8) is 0 Å². The van der Waals surface area contributed by atoms with E-state index in [1.54, 1.807) is 0 Å². The van der Waals surface area contributed by atoms with E-state index < -0.39 is 5.79 Å². The number of anilines is 2. The average molecular weight is 689 g/mol. The standard InChI is InChI=1S/C49H44N4/c1-31-18-21-40-42(28-31)50-49(5,51-47(40)34-13-7-6-8-14-34)53-43-16-10-9-15-38(43)39-22-19-36(30-45(39)53)35-20-23-44-41(29-35)48(4)24-12-11-17-46(48)52(44)37-26-32(2)25-33(3)27-37/h6-17,19-31,46,50H,18H2,1-5H3. The summed E-state index contributed by atoms with van der Waals surface area (Å²) >= 11 is 0. The minimum atomic E-state index is -0.768. The molecule has 4 nitrogen and oxygen atoms in total. The highest BCUT2D eigenvalue weighted by Crippen LogP contribution is 2.52. The Hall–Kier alpha value is -5.87. The van der Waals surface area contributed by atoms with Crippen LogP contribution in [0.3, 0.4) is 0 Å². The van der Waals surface area contributed by atoms with Gasteiger partial charge in [-0.05, 0) is 104 Å². The molecule has 0 radical (unpaired) electrons. The highest BCUT2D eigenvalue weighted by molar-refractivity contribution is 6.16. The molecule has 3 heterocycles. The zero-order valence-electron chi connectivity index (χ0n) is 31.1. The SMILES string of the molecule is Cc1cc(C)cc(N2c3ccc(-c4ccc5c6ccccc6n(C6(C)N=C(c7ccccc7)C7=CCC(C)C=C7N6)c5c4)cc3C3(C)C=CC=CC23)c1. The third-order valence-corrected chi connectivity index (χ3v) is 11.9. The Morgan fingerprint density at radius 3 is 2.30 bits per heavy atom. The van der Waals surface area contributed by atoms with Gasteiger partial charge in [-0.1, -0.05) is 116 Å². The summed E-state index contributed by atoms with van der Waals surface area (Å²) in [6.45, 7) is 11.3. The molecule has 0 bridgehead atoms. The summed E-state index contributed by atoms with van der Waals surface area (Å²) in [5, 5.41) is 6.41. The second-order valence-electron chi connectivity index (χ2n) is 15.9. The van der Waals surface area contributed by atoms with Crippen molar-refractivity contribution in [1.82, 2.24) is 9.88 Å². The lowest BCUT2D eigenvalue weighted by Crippen LogP contribution is -2.48. The number of aliphatic imine (C=N–C) groups is 1. The van der Waals surface area contributed by atoms with Gasteiger partial charge in [0.25, 0.3) is 0 Å². The van der Waals surface area contributed by atoms with Crippen LogP contribution in [-0.2, 0) is 11.2 Å². The van der Waals surface area contributed by atoms with Gasteiger partial charge in [0.2, 0.25) is 5.79 Å². The summed E-state index contributed by atoms with van der Waals surface area (Å²) in [5.41, 5.74) is 15.6. The highest BCUT2D eigenvalue weighted by Gasteiger charge is 2.46. The minimum absolute atomic E-state index is 0.158. The fraction of sp³-hybridized carbons (Fsp3) is 0.204. The van der Waals surface area contributed by atoms with Crippen LogP contribution in [0.2, 0.25) is 0 Å². The number of nitrogens with one attached hydrogen (secondary N) is 1. The van der Waals surface area contributed by atoms with Crippen LogP contribution in [0.5, 0.6) is 0 Å². The van der Waals surface area contributed by atoms with Crippen LogP contribution in [0.15, 0.2) is 162 Å². The number of allylic oxidation sites excluding steroid dienone is 5. The molecule has 4 atom stereocenters. The number of hydrogen-bond donors (Lipinski definition) is 1. The molecule has 2 aliphatic heterocycles. The molecule has 4 heteroatoms. The highest BCUT2D eigenvalue weighted by atomic mass is 15.4. The molecular weight excluding hydrogens is 645 g/mol. The summed E-state index contributed by atoms with van der Waals surface area (Å²) in [6, 6.07) is 40.7. The van der Waals surface area contributed by atoms with Crippen LogP contribution in [0.4, 0.5) is 11.4 Å². The predicted octanol–water partition coefficient (Wildman–Crippen LogP) is 11.6. The minimum Gasteiger partial charge on any atom is -0.344 e. The van der Waals surface area contributed by atoms with Gasteiger partial charge in [-0.2, -0.15) is 0 Å². The van der Waals surface area contributed by atoms with Crippen molar-refractivity contribution in [1.29, 1.82) is 0 Å². The first-order chi connectivity index (χ1) is 25.7. The molecule has 5 aromatic carbocycles. The quantitative estimate of drug-likeness (QED) is 0.200. The fourth-order valence-electron chi connectivity index (χ4n) is 9.51. The normalized spacial score (nSPS) is 24.3. The Kier molecular flexibility index (Phi) is 6.95. The lowest BCUT2D eigenvalue weighted by Gasteiger charge is -2.39. The largest absolute Gasteiger partial charge is 0.344 e. The summed E-state index contributed by atoms with van der Waals surface area (Å²) in [5.74, 6) is -0.317. The third-order valence-electron chi connectivity index (χ3n) is 11.9. The first kappa shape index (κ1) is 31.8. The van der Waals surface area contributed by atoms with Crippen LogP contribution < -0.4 is 10.2 Å². The number of aryl methyl sites for hydroxylation is 2. The lowest BCUT2D eigenvalue weighted by molar-refractivity contribution is 0.296. The van der Waals surface area contributed by atoms with Crippen molar-refractivity contribution < 1.29 is 0 Å². The van der Waals surface area contributed by atoms with Gasteiger partial charge in [-0.3, -0.25) is 4.57 Å². The van der Waals surface area contributed by atoms with Crippen molar-refractivity contribution in [2.24, 2.45) is 10.9 Å². The Morgan fingerprint density at radius 2 is 1.47 bits per heavy atom. The summed E-state index contributed by atoms with van der Waals surface area (Å²) in [6.07, 6.45) is 14.9. The molecule has 0 saturated heterocycles. The molecule has 1 aromatic heterocycles. The predicted molar refractivity (Wildman–Crippen MR) is 222 cm³/mol. The zero-order chi connectivity index (χ0) is 36.1. The maximum absolute atomic E-state index is 5.63. The van der Waals surface area contributed by atoms with E-state index in [0.717, 1.165) is 34.4 Å². The topological polar surface area (TPSA) is 32.6 Å². The number of aromatic nitrogens is 1. The summed E-state index contributed by atoms with van der Waals surface area (Å²) < 4.78 is 2.43. The van der Waals surface area contributed by atoms with Crippen LogP contribution in [-0.4, -0.2) is 16.3 Å². The van der Waals surface area contributed by atoms with Crippen molar-refractivity contribution in [2.75, 3.05) is 4.90 Å². The fourth-order valence-corrected chi connectivity index (χ4v) is 9.51.